The van der Waals surface area contributed by atoms with Gasteiger partial charge in [-0.25, -0.2) is 4.99 Å². The Morgan fingerprint density at radius 1 is 1.22 bits per heavy atom. The van der Waals surface area contributed by atoms with Crippen LogP contribution in [0.3, 0.4) is 0 Å². The summed E-state index contributed by atoms with van der Waals surface area (Å²) < 4.78 is 1.13. The van der Waals surface area contributed by atoms with Gasteiger partial charge in [0.25, 0.3) is 0 Å². The van der Waals surface area contributed by atoms with E-state index in [1.54, 1.807) is 7.05 Å². The maximum atomic E-state index is 12.5. The zero-order valence-electron chi connectivity index (χ0n) is 15.3. The number of amidine groups is 1. The van der Waals surface area contributed by atoms with Crippen molar-refractivity contribution in [2.75, 3.05) is 12.4 Å². The molecule has 140 valence electrons. The molecular weight excluding hydrogens is 473 g/mol. The number of hydrogen-bond donors (Lipinski definition) is 1. The SMILES string of the molecule is Cc1cccc(NC(=O)CC2SC(=Nc3ccc(I)cc3)N(C)C2=O)c1C. The quantitative estimate of drug-likeness (QED) is 0.639. The van der Waals surface area contributed by atoms with Crippen LogP contribution in [-0.2, 0) is 9.59 Å². The van der Waals surface area contributed by atoms with Crippen molar-refractivity contribution in [2.24, 2.45) is 4.99 Å². The van der Waals surface area contributed by atoms with Gasteiger partial charge in [-0.1, -0.05) is 23.9 Å². The molecule has 1 heterocycles. The average molecular weight is 493 g/mol. The second-order valence-electron chi connectivity index (χ2n) is 6.37. The number of carbonyl (C=O) groups excluding carboxylic acids is 2. The highest BCUT2D eigenvalue weighted by Gasteiger charge is 2.37. The van der Waals surface area contributed by atoms with E-state index in [0.717, 1.165) is 26.1 Å². The topological polar surface area (TPSA) is 61.8 Å². The van der Waals surface area contributed by atoms with E-state index in [4.69, 9.17) is 0 Å². The number of carbonyl (C=O) groups is 2. The van der Waals surface area contributed by atoms with Crippen molar-refractivity contribution in [3.63, 3.8) is 0 Å². The van der Waals surface area contributed by atoms with Gasteiger partial charge in [0.15, 0.2) is 5.17 Å². The lowest BCUT2D eigenvalue weighted by Gasteiger charge is -2.12. The van der Waals surface area contributed by atoms with E-state index in [9.17, 15) is 9.59 Å². The van der Waals surface area contributed by atoms with Crippen molar-refractivity contribution in [1.29, 1.82) is 0 Å². The Bertz CT molecular complexity index is 912. The number of nitrogens with zero attached hydrogens (tertiary/aromatic N) is 2. The molecule has 27 heavy (non-hydrogen) atoms. The van der Waals surface area contributed by atoms with Crippen LogP contribution < -0.4 is 5.32 Å². The smallest absolute Gasteiger partial charge is 0.242 e. The van der Waals surface area contributed by atoms with Gasteiger partial charge in [-0.2, -0.15) is 0 Å². The van der Waals surface area contributed by atoms with Crippen molar-refractivity contribution in [3.8, 4) is 0 Å². The van der Waals surface area contributed by atoms with Gasteiger partial charge in [-0.3, -0.25) is 14.5 Å². The number of aliphatic imine (C=N–C) groups is 1. The molecule has 0 bridgehead atoms. The fourth-order valence-electron chi connectivity index (χ4n) is 2.68. The summed E-state index contributed by atoms with van der Waals surface area (Å²) in [6.07, 6.45) is 0.118. The molecule has 5 nitrogen and oxygen atoms in total. The summed E-state index contributed by atoms with van der Waals surface area (Å²) in [5, 5.41) is 3.08. The number of hydrogen-bond acceptors (Lipinski definition) is 4. The highest BCUT2D eigenvalue weighted by Crippen LogP contribution is 2.31. The number of rotatable bonds is 4. The average Bonchev–Trinajstić information content (AvgIpc) is 2.89. The molecule has 2 amide bonds. The van der Waals surface area contributed by atoms with Crippen LogP contribution in [0.1, 0.15) is 17.5 Å². The van der Waals surface area contributed by atoms with Crippen LogP contribution in [-0.4, -0.2) is 34.2 Å². The molecule has 1 saturated heterocycles. The molecule has 0 aromatic heterocycles. The number of benzene rings is 2. The third-order valence-electron chi connectivity index (χ3n) is 4.44. The Morgan fingerprint density at radius 3 is 2.63 bits per heavy atom. The van der Waals surface area contributed by atoms with Gasteiger partial charge in [0.05, 0.1) is 5.69 Å². The minimum atomic E-state index is -0.456. The molecule has 2 aromatic rings. The first-order valence-electron chi connectivity index (χ1n) is 8.49. The fraction of sp³-hybridized carbons (Fsp3) is 0.250. The lowest BCUT2D eigenvalue weighted by atomic mass is 10.1. The van der Waals surface area contributed by atoms with E-state index >= 15 is 0 Å². The summed E-state index contributed by atoms with van der Waals surface area (Å²) in [6, 6.07) is 13.5. The van der Waals surface area contributed by atoms with Crippen LogP contribution in [0.4, 0.5) is 11.4 Å². The van der Waals surface area contributed by atoms with Crippen LogP contribution in [0.2, 0.25) is 0 Å². The number of thioether (sulfide) groups is 1. The van der Waals surface area contributed by atoms with Crippen LogP contribution in [0.15, 0.2) is 47.5 Å². The monoisotopic (exact) mass is 493 g/mol. The van der Waals surface area contributed by atoms with E-state index in [1.165, 1.54) is 16.7 Å². The highest BCUT2D eigenvalue weighted by molar-refractivity contribution is 14.1. The third kappa shape index (κ3) is 4.70. The molecule has 7 heteroatoms. The summed E-state index contributed by atoms with van der Waals surface area (Å²) >= 11 is 3.57. The highest BCUT2D eigenvalue weighted by atomic mass is 127. The minimum absolute atomic E-state index is 0.0969. The van der Waals surface area contributed by atoms with Gasteiger partial charge < -0.3 is 5.32 Å². The summed E-state index contributed by atoms with van der Waals surface area (Å²) in [5.74, 6) is -0.265. The number of nitrogens with one attached hydrogen (secondary N) is 1. The Morgan fingerprint density at radius 2 is 1.93 bits per heavy atom. The van der Waals surface area contributed by atoms with Gasteiger partial charge in [0.2, 0.25) is 11.8 Å². The Labute approximate surface area is 176 Å². The predicted molar refractivity (Wildman–Crippen MR) is 120 cm³/mol. The molecule has 1 aliphatic heterocycles. The van der Waals surface area contributed by atoms with E-state index < -0.39 is 5.25 Å². The van der Waals surface area contributed by atoms with Crippen LogP contribution in [0, 0.1) is 17.4 Å². The van der Waals surface area contributed by atoms with Crippen molar-refractivity contribution in [1.82, 2.24) is 4.90 Å². The minimum Gasteiger partial charge on any atom is -0.326 e. The van der Waals surface area contributed by atoms with Crippen molar-refractivity contribution >= 4 is 62.7 Å². The van der Waals surface area contributed by atoms with E-state index in [-0.39, 0.29) is 18.2 Å². The Hall–Kier alpha value is -1.87. The van der Waals surface area contributed by atoms with E-state index in [1.807, 2.05) is 56.3 Å². The van der Waals surface area contributed by atoms with Gasteiger partial charge >= 0.3 is 0 Å². The molecule has 1 atom stereocenters. The van der Waals surface area contributed by atoms with Gasteiger partial charge in [-0.15, -0.1) is 0 Å². The van der Waals surface area contributed by atoms with Crippen molar-refractivity contribution < 1.29 is 9.59 Å². The number of amides is 2. The summed E-state index contributed by atoms with van der Waals surface area (Å²) in [5.41, 5.74) is 3.73. The van der Waals surface area contributed by atoms with Crippen LogP contribution in [0.25, 0.3) is 0 Å². The van der Waals surface area contributed by atoms with Gasteiger partial charge in [0.1, 0.15) is 5.25 Å². The maximum Gasteiger partial charge on any atom is 0.242 e. The van der Waals surface area contributed by atoms with Crippen LogP contribution in [0.5, 0.6) is 0 Å². The molecule has 1 fully saturated rings. The van der Waals surface area contributed by atoms with E-state index in [0.29, 0.717) is 5.17 Å². The Balaban J connectivity index is 1.68. The molecule has 1 aliphatic rings. The predicted octanol–water partition coefficient (Wildman–Crippen LogP) is 4.50. The summed E-state index contributed by atoms with van der Waals surface area (Å²) in [4.78, 5) is 31.0. The molecule has 1 unspecified atom stereocenters. The zero-order chi connectivity index (χ0) is 19.6. The zero-order valence-corrected chi connectivity index (χ0v) is 18.3. The largest absolute Gasteiger partial charge is 0.326 e. The number of aryl methyl sites for hydroxylation is 1. The standard InChI is InChI=1S/C20H20IN3O2S/c1-12-5-4-6-16(13(12)2)23-18(25)11-17-19(26)24(3)20(27-17)22-15-9-7-14(21)8-10-15/h4-10,17H,11H2,1-3H3,(H,23,25). The maximum absolute atomic E-state index is 12.5. The van der Waals surface area contributed by atoms with Crippen LogP contribution >= 0.6 is 34.4 Å². The first-order valence-corrected chi connectivity index (χ1v) is 10.5. The number of halogens is 1. The van der Waals surface area contributed by atoms with Gasteiger partial charge in [-0.05, 0) is 77.9 Å². The first-order chi connectivity index (χ1) is 12.8. The molecule has 0 spiro atoms. The first kappa shape index (κ1) is 19.9. The molecule has 0 saturated carbocycles. The molecule has 2 aromatic carbocycles. The molecular formula is C20H20IN3O2S. The molecule has 0 radical (unpaired) electrons. The van der Waals surface area contributed by atoms with Crippen molar-refractivity contribution in [2.45, 2.75) is 25.5 Å². The summed E-state index contributed by atoms with van der Waals surface area (Å²) in [7, 11) is 1.70. The third-order valence-corrected chi connectivity index (χ3v) is 6.39. The van der Waals surface area contributed by atoms with Crippen molar-refractivity contribution in [3.05, 3.63) is 57.2 Å². The normalized spacial score (nSPS) is 18.2. The second kappa shape index (κ2) is 8.43. The summed E-state index contributed by atoms with van der Waals surface area (Å²) in [6.45, 7) is 3.98. The fourth-order valence-corrected chi connectivity index (χ4v) is 4.19. The molecule has 1 N–H and O–H groups in total. The van der Waals surface area contributed by atoms with E-state index in [2.05, 4.69) is 32.9 Å². The second-order valence-corrected chi connectivity index (χ2v) is 8.79. The lowest BCUT2D eigenvalue weighted by molar-refractivity contribution is -0.127. The molecule has 0 aliphatic carbocycles. The molecule has 3 rings (SSSR count). The number of anilines is 1. The van der Waals surface area contributed by atoms with Gasteiger partial charge in [0, 0.05) is 22.7 Å². The Kier molecular flexibility index (Phi) is 6.21. The lowest BCUT2D eigenvalue weighted by Crippen LogP contribution is -2.30.